The van der Waals surface area contributed by atoms with Gasteiger partial charge in [-0.3, -0.25) is 4.79 Å². The molecule has 0 fully saturated rings. The van der Waals surface area contributed by atoms with Gasteiger partial charge < -0.3 is 14.4 Å². The summed E-state index contributed by atoms with van der Waals surface area (Å²) in [6, 6.07) is 25.4. The van der Waals surface area contributed by atoms with E-state index in [9.17, 15) is 4.79 Å². The molecule has 1 aliphatic carbocycles. The van der Waals surface area contributed by atoms with Crippen molar-refractivity contribution < 1.29 is 14.3 Å². The summed E-state index contributed by atoms with van der Waals surface area (Å²) in [7, 11) is 3.51. The van der Waals surface area contributed by atoms with Crippen LogP contribution < -0.4 is 4.74 Å². The fraction of sp³-hybridized carbons (Fsp3) is 0.321. The number of hydrogen-bond acceptors (Lipinski definition) is 3. The summed E-state index contributed by atoms with van der Waals surface area (Å²) >= 11 is 0. The normalized spacial score (nSPS) is 13.3. The monoisotopic (exact) mass is 429 g/mol. The number of benzene rings is 3. The molecular formula is C28H31NO3. The highest BCUT2D eigenvalue weighted by Crippen LogP contribution is 2.45. The van der Waals surface area contributed by atoms with E-state index in [1.807, 2.05) is 31.2 Å². The number of hydrogen-bond donors (Lipinski definition) is 0. The molecule has 0 aromatic heterocycles. The number of carbonyl (C=O) groups is 1. The molecular weight excluding hydrogens is 398 g/mol. The molecule has 0 spiro atoms. The molecule has 3 aromatic carbocycles. The van der Waals surface area contributed by atoms with Crippen molar-refractivity contribution in [2.75, 3.05) is 27.3 Å². The van der Waals surface area contributed by atoms with Crippen LogP contribution in [0.2, 0.25) is 0 Å². The van der Waals surface area contributed by atoms with Crippen molar-refractivity contribution in [2.45, 2.75) is 31.8 Å². The molecule has 0 heterocycles. The van der Waals surface area contributed by atoms with E-state index in [-0.39, 0.29) is 5.91 Å². The van der Waals surface area contributed by atoms with E-state index in [1.54, 1.807) is 19.0 Å². The Morgan fingerprint density at radius 2 is 1.50 bits per heavy atom. The smallest absolute Gasteiger partial charge is 0.251 e. The van der Waals surface area contributed by atoms with E-state index in [0.717, 1.165) is 17.7 Å². The molecule has 0 radical (unpaired) electrons. The van der Waals surface area contributed by atoms with E-state index in [1.165, 1.54) is 22.3 Å². The zero-order valence-corrected chi connectivity index (χ0v) is 19.1. The minimum atomic E-state index is -0.454. The molecule has 0 bridgehead atoms. The summed E-state index contributed by atoms with van der Waals surface area (Å²) < 4.78 is 11.7. The molecule has 1 amide bonds. The van der Waals surface area contributed by atoms with Gasteiger partial charge in [0.1, 0.15) is 11.9 Å². The Balaban J connectivity index is 1.37. The number of nitrogens with zero attached hydrogens (tertiary/aromatic N) is 1. The van der Waals surface area contributed by atoms with Crippen molar-refractivity contribution in [1.29, 1.82) is 0 Å². The summed E-state index contributed by atoms with van der Waals surface area (Å²) in [5.41, 5.74) is 6.52. The predicted octanol–water partition coefficient (Wildman–Crippen LogP) is 5.30. The molecule has 4 nitrogen and oxygen atoms in total. The minimum absolute atomic E-state index is 0.00990. The first-order chi connectivity index (χ1) is 15.6. The first-order valence-corrected chi connectivity index (χ1v) is 11.3. The van der Waals surface area contributed by atoms with Crippen LogP contribution in [0.15, 0.2) is 72.8 Å². The van der Waals surface area contributed by atoms with E-state index in [0.29, 0.717) is 25.6 Å². The third-order valence-corrected chi connectivity index (χ3v) is 6.07. The van der Waals surface area contributed by atoms with Crippen molar-refractivity contribution in [1.82, 2.24) is 4.90 Å². The van der Waals surface area contributed by atoms with Crippen molar-refractivity contribution in [3.05, 3.63) is 89.5 Å². The van der Waals surface area contributed by atoms with Crippen molar-refractivity contribution >= 4 is 5.91 Å². The molecule has 4 rings (SSSR count). The maximum atomic E-state index is 12.3. The van der Waals surface area contributed by atoms with Crippen molar-refractivity contribution in [2.24, 2.45) is 0 Å². The number of likely N-dealkylation sites (N-methyl/N-ethyl adjacent to an activating group) is 1. The lowest BCUT2D eigenvalue weighted by Crippen LogP contribution is -2.37. The standard InChI is InChI=1S/C28H31NO3/c1-4-31-27(28(30)29(2)3)19-20-13-15-21(16-14-20)32-18-17-26-24-11-7-5-9-22(24)23-10-6-8-12-25(23)26/h5-16,26-27H,4,17-19H2,1-3H3. The van der Waals surface area contributed by atoms with E-state index < -0.39 is 6.10 Å². The Morgan fingerprint density at radius 1 is 0.906 bits per heavy atom. The van der Waals surface area contributed by atoms with Gasteiger partial charge in [0.05, 0.1) is 6.61 Å². The van der Waals surface area contributed by atoms with Gasteiger partial charge in [0, 0.05) is 33.0 Å². The van der Waals surface area contributed by atoms with Crippen LogP contribution in [0.3, 0.4) is 0 Å². The number of ether oxygens (including phenoxy) is 2. The Labute approximate surface area is 190 Å². The maximum absolute atomic E-state index is 12.3. The number of carbonyl (C=O) groups excluding carboxylic acids is 1. The van der Waals surface area contributed by atoms with Gasteiger partial charge in [-0.15, -0.1) is 0 Å². The second kappa shape index (κ2) is 10.0. The van der Waals surface area contributed by atoms with Gasteiger partial charge in [0.15, 0.2) is 0 Å². The van der Waals surface area contributed by atoms with Crippen LogP contribution in [-0.2, 0) is 16.0 Å². The van der Waals surface area contributed by atoms with Crippen LogP contribution in [0.5, 0.6) is 5.75 Å². The molecule has 3 aromatic rings. The van der Waals surface area contributed by atoms with Crippen LogP contribution in [-0.4, -0.2) is 44.2 Å². The van der Waals surface area contributed by atoms with Crippen molar-refractivity contribution in [3.8, 4) is 16.9 Å². The van der Waals surface area contributed by atoms with Gasteiger partial charge in [-0.05, 0) is 53.3 Å². The summed E-state index contributed by atoms with van der Waals surface area (Å²) in [4.78, 5) is 13.9. The van der Waals surface area contributed by atoms with E-state index >= 15 is 0 Å². The summed E-state index contributed by atoms with van der Waals surface area (Å²) in [5, 5.41) is 0. The van der Waals surface area contributed by atoms with Crippen molar-refractivity contribution in [3.63, 3.8) is 0 Å². The molecule has 0 aliphatic heterocycles. The molecule has 0 saturated heterocycles. The van der Waals surface area contributed by atoms with Gasteiger partial charge in [0.2, 0.25) is 0 Å². The molecule has 1 aliphatic rings. The molecule has 0 N–H and O–H groups in total. The second-order valence-electron chi connectivity index (χ2n) is 8.39. The third kappa shape index (κ3) is 4.71. The SMILES string of the molecule is CCOC(Cc1ccc(OCCC2c3ccccc3-c3ccccc32)cc1)C(=O)N(C)C. The first-order valence-electron chi connectivity index (χ1n) is 11.3. The lowest BCUT2D eigenvalue weighted by molar-refractivity contribution is -0.140. The average molecular weight is 430 g/mol. The van der Waals surface area contributed by atoms with Crippen LogP contribution in [0.1, 0.15) is 36.0 Å². The third-order valence-electron chi connectivity index (χ3n) is 6.07. The van der Waals surface area contributed by atoms with E-state index in [2.05, 4.69) is 48.5 Å². The van der Waals surface area contributed by atoms with Crippen LogP contribution >= 0.6 is 0 Å². The number of amides is 1. The van der Waals surface area contributed by atoms with Gasteiger partial charge >= 0.3 is 0 Å². The highest BCUT2D eigenvalue weighted by Gasteiger charge is 2.27. The van der Waals surface area contributed by atoms with Gasteiger partial charge in [-0.2, -0.15) is 0 Å². The largest absolute Gasteiger partial charge is 0.494 e. The Kier molecular flexibility index (Phi) is 6.91. The zero-order chi connectivity index (χ0) is 22.5. The molecule has 4 heteroatoms. The molecule has 166 valence electrons. The number of fused-ring (bicyclic) bond motifs is 3. The number of rotatable bonds is 9. The topological polar surface area (TPSA) is 38.8 Å². The second-order valence-corrected chi connectivity index (χ2v) is 8.39. The van der Waals surface area contributed by atoms with Gasteiger partial charge in [0.25, 0.3) is 5.91 Å². The fourth-order valence-electron chi connectivity index (χ4n) is 4.51. The minimum Gasteiger partial charge on any atom is -0.494 e. The predicted molar refractivity (Wildman–Crippen MR) is 128 cm³/mol. The summed E-state index contributed by atoms with van der Waals surface area (Å²) in [6.45, 7) is 3.07. The lowest BCUT2D eigenvalue weighted by Gasteiger charge is -2.20. The van der Waals surface area contributed by atoms with Gasteiger partial charge in [-0.25, -0.2) is 0 Å². The lowest BCUT2D eigenvalue weighted by atomic mass is 9.94. The Morgan fingerprint density at radius 3 is 2.06 bits per heavy atom. The maximum Gasteiger partial charge on any atom is 0.251 e. The Hall–Kier alpha value is -3.11. The highest BCUT2D eigenvalue weighted by atomic mass is 16.5. The fourth-order valence-corrected chi connectivity index (χ4v) is 4.51. The molecule has 0 saturated carbocycles. The highest BCUT2D eigenvalue weighted by molar-refractivity contribution is 5.81. The first kappa shape index (κ1) is 22.1. The summed E-state index contributed by atoms with van der Waals surface area (Å²) in [6.07, 6.45) is 1.03. The molecule has 1 atom stereocenters. The van der Waals surface area contributed by atoms with Crippen LogP contribution in [0.4, 0.5) is 0 Å². The van der Waals surface area contributed by atoms with Gasteiger partial charge in [-0.1, -0.05) is 60.7 Å². The van der Waals surface area contributed by atoms with E-state index in [4.69, 9.17) is 9.47 Å². The van der Waals surface area contributed by atoms with Crippen LogP contribution in [0, 0.1) is 0 Å². The average Bonchev–Trinajstić information content (AvgIpc) is 3.13. The Bertz CT molecular complexity index is 1010. The molecule has 1 unspecified atom stereocenters. The summed E-state index contributed by atoms with van der Waals surface area (Å²) in [5.74, 6) is 1.20. The zero-order valence-electron chi connectivity index (χ0n) is 19.1. The van der Waals surface area contributed by atoms with Crippen LogP contribution in [0.25, 0.3) is 11.1 Å². The molecule has 32 heavy (non-hydrogen) atoms. The quantitative estimate of drug-likeness (QED) is 0.463.